The van der Waals surface area contributed by atoms with Crippen molar-refractivity contribution in [1.82, 2.24) is 9.97 Å². The van der Waals surface area contributed by atoms with Gasteiger partial charge in [0.15, 0.2) is 5.82 Å². The first-order chi connectivity index (χ1) is 10.0. The van der Waals surface area contributed by atoms with Crippen molar-refractivity contribution in [3.8, 4) is 0 Å². The first-order valence-electron chi connectivity index (χ1n) is 6.33. The largest absolute Gasteiger partial charge is 0.384 e. The van der Waals surface area contributed by atoms with Crippen LogP contribution in [0.5, 0.6) is 0 Å². The Hall–Kier alpha value is -2.31. The number of rotatable bonds is 5. The minimum atomic E-state index is -2.83. The number of aryl methyl sites for hydroxylation is 1. The fourth-order valence-corrected chi connectivity index (χ4v) is 1.87. The minimum Gasteiger partial charge on any atom is -0.384 e. The number of halogens is 3. The molecule has 112 valence electrons. The van der Waals surface area contributed by atoms with Gasteiger partial charge in [-0.05, 0) is 6.92 Å². The standard InChI is InChI=1S/C14H15F3N4/c1-8-19-7-11(18-2)14(21-8)20-6-9-4-3-5-10(12(9)15)13(16)17/h3-5,7,13,18H,6H2,1-2H3,(H,19,20,21). The molecule has 4 nitrogen and oxygen atoms in total. The van der Waals surface area contributed by atoms with Crippen LogP contribution < -0.4 is 10.6 Å². The summed E-state index contributed by atoms with van der Waals surface area (Å²) in [5.74, 6) is 0.155. The summed E-state index contributed by atoms with van der Waals surface area (Å²) in [7, 11) is 1.71. The van der Waals surface area contributed by atoms with E-state index in [4.69, 9.17) is 0 Å². The highest BCUT2D eigenvalue weighted by molar-refractivity contribution is 5.62. The molecule has 0 aliphatic heterocycles. The van der Waals surface area contributed by atoms with Gasteiger partial charge in [0, 0.05) is 19.2 Å². The molecule has 1 aromatic carbocycles. The molecule has 2 N–H and O–H groups in total. The van der Waals surface area contributed by atoms with Gasteiger partial charge in [0.05, 0.1) is 17.4 Å². The maximum Gasteiger partial charge on any atom is 0.266 e. The van der Waals surface area contributed by atoms with Crippen molar-refractivity contribution < 1.29 is 13.2 Å². The molecule has 21 heavy (non-hydrogen) atoms. The Bertz CT molecular complexity index is 632. The van der Waals surface area contributed by atoms with Crippen molar-refractivity contribution in [3.05, 3.63) is 47.2 Å². The average molecular weight is 296 g/mol. The number of benzene rings is 1. The fraction of sp³-hybridized carbons (Fsp3) is 0.286. The van der Waals surface area contributed by atoms with Crippen LogP contribution in [0.1, 0.15) is 23.4 Å². The highest BCUT2D eigenvalue weighted by Crippen LogP contribution is 2.25. The van der Waals surface area contributed by atoms with E-state index in [2.05, 4.69) is 20.6 Å². The van der Waals surface area contributed by atoms with Crippen LogP contribution in [0.15, 0.2) is 24.4 Å². The number of nitrogens with zero attached hydrogens (tertiary/aromatic N) is 2. The van der Waals surface area contributed by atoms with Crippen molar-refractivity contribution in [1.29, 1.82) is 0 Å². The maximum absolute atomic E-state index is 13.9. The van der Waals surface area contributed by atoms with Crippen molar-refractivity contribution in [3.63, 3.8) is 0 Å². The minimum absolute atomic E-state index is 0.0531. The van der Waals surface area contributed by atoms with Gasteiger partial charge in [-0.3, -0.25) is 0 Å². The van der Waals surface area contributed by atoms with E-state index in [1.807, 2.05) is 0 Å². The normalized spacial score (nSPS) is 10.8. The predicted molar refractivity (Wildman–Crippen MR) is 75.0 cm³/mol. The summed E-state index contributed by atoms with van der Waals surface area (Å²) < 4.78 is 39.2. The average Bonchev–Trinajstić information content (AvgIpc) is 2.46. The van der Waals surface area contributed by atoms with Crippen molar-refractivity contribution in [2.45, 2.75) is 19.9 Å². The molecule has 0 aliphatic rings. The zero-order valence-corrected chi connectivity index (χ0v) is 11.6. The Morgan fingerprint density at radius 2 is 2.05 bits per heavy atom. The molecule has 2 rings (SSSR count). The highest BCUT2D eigenvalue weighted by Gasteiger charge is 2.16. The summed E-state index contributed by atoms with van der Waals surface area (Å²) in [6.45, 7) is 1.78. The van der Waals surface area contributed by atoms with E-state index in [1.54, 1.807) is 20.2 Å². The van der Waals surface area contributed by atoms with Crippen LogP contribution in [-0.2, 0) is 6.54 Å². The van der Waals surface area contributed by atoms with Gasteiger partial charge in [-0.1, -0.05) is 18.2 Å². The zero-order chi connectivity index (χ0) is 15.4. The van der Waals surface area contributed by atoms with Crippen LogP contribution in [-0.4, -0.2) is 17.0 Å². The second-order valence-corrected chi connectivity index (χ2v) is 4.40. The van der Waals surface area contributed by atoms with Gasteiger partial charge in [0.25, 0.3) is 6.43 Å². The zero-order valence-electron chi connectivity index (χ0n) is 11.6. The number of anilines is 2. The second-order valence-electron chi connectivity index (χ2n) is 4.40. The van der Waals surface area contributed by atoms with Gasteiger partial charge < -0.3 is 10.6 Å². The van der Waals surface area contributed by atoms with Crippen LogP contribution in [0.3, 0.4) is 0 Å². The SMILES string of the molecule is CNc1cnc(C)nc1NCc1cccc(C(F)F)c1F. The monoisotopic (exact) mass is 296 g/mol. The molecule has 0 saturated heterocycles. The van der Waals surface area contributed by atoms with E-state index in [0.717, 1.165) is 6.07 Å². The summed E-state index contributed by atoms with van der Waals surface area (Å²) in [5.41, 5.74) is 0.208. The van der Waals surface area contributed by atoms with Gasteiger partial charge >= 0.3 is 0 Å². The smallest absolute Gasteiger partial charge is 0.266 e. The first kappa shape index (κ1) is 15.1. The summed E-state index contributed by atoms with van der Waals surface area (Å²) in [5, 5.41) is 5.83. The van der Waals surface area contributed by atoms with Crippen LogP contribution in [0.2, 0.25) is 0 Å². The van der Waals surface area contributed by atoms with Crippen LogP contribution in [0, 0.1) is 12.7 Å². The molecule has 7 heteroatoms. The quantitative estimate of drug-likeness (QED) is 0.886. The van der Waals surface area contributed by atoms with E-state index in [0.29, 0.717) is 17.3 Å². The Labute approximate surface area is 120 Å². The third kappa shape index (κ3) is 3.42. The van der Waals surface area contributed by atoms with E-state index in [1.165, 1.54) is 12.1 Å². The maximum atomic E-state index is 13.9. The van der Waals surface area contributed by atoms with Gasteiger partial charge in [0.1, 0.15) is 11.6 Å². The number of hydrogen-bond acceptors (Lipinski definition) is 4. The topological polar surface area (TPSA) is 49.8 Å². The summed E-state index contributed by atoms with van der Waals surface area (Å²) >= 11 is 0. The van der Waals surface area contributed by atoms with E-state index in [9.17, 15) is 13.2 Å². The van der Waals surface area contributed by atoms with Crippen LogP contribution >= 0.6 is 0 Å². The van der Waals surface area contributed by atoms with Crippen molar-refractivity contribution in [2.24, 2.45) is 0 Å². The molecule has 0 saturated carbocycles. The number of hydrogen-bond donors (Lipinski definition) is 2. The first-order valence-corrected chi connectivity index (χ1v) is 6.33. The Balaban J connectivity index is 2.21. The Morgan fingerprint density at radius 1 is 1.29 bits per heavy atom. The third-order valence-electron chi connectivity index (χ3n) is 2.97. The lowest BCUT2D eigenvalue weighted by atomic mass is 10.1. The Kier molecular flexibility index (Phi) is 4.62. The molecule has 0 bridgehead atoms. The number of nitrogens with one attached hydrogen (secondary N) is 2. The molecule has 0 aliphatic carbocycles. The lowest BCUT2D eigenvalue weighted by molar-refractivity contribution is 0.146. The number of aromatic nitrogens is 2. The molecule has 0 spiro atoms. The summed E-state index contributed by atoms with van der Waals surface area (Å²) in [6.07, 6.45) is -1.24. The lowest BCUT2D eigenvalue weighted by Crippen LogP contribution is -2.08. The Morgan fingerprint density at radius 3 is 2.71 bits per heavy atom. The van der Waals surface area contributed by atoms with Crippen LogP contribution in [0.4, 0.5) is 24.7 Å². The second kappa shape index (κ2) is 6.43. The molecule has 0 unspecified atom stereocenters. The van der Waals surface area contributed by atoms with Gasteiger partial charge in [-0.2, -0.15) is 0 Å². The molecule has 0 fully saturated rings. The fourth-order valence-electron chi connectivity index (χ4n) is 1.87. The van der Waals surface area contributed by atoms with Gasteiger partial charge in [-0.15, -0.1) is 0 Å². The van der Waals surface area contributed by atoms with Crippen molar-refractivity contribution >= 4 is 11.5 Å². The summed E-state index contributed by atoms with van der Waals surface area (Å²) in [6, 6.07) is 3.95. The number of alkyl halides is 2. The van der Waals surface area contributed by atoms with Crippen molar-refractivity contribution in [2.75, 3.05) is 17.7 Å². The molecule has 2 aromatic rings. The van der Waals surface area contributed by atoms with E-state index >= 15 is 0 Å². The molecule has 0 atom stereocenters. The molecular weight excluding hydrogens is 281 g/mol. The highest BCUT2D eigenvalue weighted by atomic mass is 19.3. The molecule has 1 aromatic heterocycles. The van der Waals surface area contributed by atoms with Gasteiger partial charge in [-0.25, -0.2) is 23.1 Å². The lowest BCUT2D eigenvalue weighted by Gasteiger charge is -2.12. The third-order valence-corrected chi connectivity index (χ3v) is 2.97. The van der Waals surface area contributed by atoms with E-state index < -0.39 is 17.8 Å². The predicted octanol–water partition coefficient (Wildman–Crippen LogP) is 3.52. The summed E-state index contributed by atoms with van der Waals surface area (Å²) in [4.78, 5) is 8.22. The molecule has 0 amide bonds. The van der Waals surface area contributed by atoms with Gasteiger partial charge in [0.2, 0.25) is 0 Å². The van der Waals surface area contributed by atoms with Crippen LogP contribution in [0.25, 0.3) is 0 Å². The molecular formula is C14H15F3N4. The molecule has 1 heterocycles. The molecule has 0 radical (unpaired) electrons. The van der Waals surface area contributed by atoms with E-state index in [-0.39, 0.29) is 12.1 Å².